The van der Waals surface area contributed by atoms with Crippen molar-refractivity contribution in [3.05, 3.63) is 71.6 Å². The van der Waals surface area contributed by atoms with Crippen molar-refractivity contribution in [2.24, 2.45) is 17.8 Å². The summed E-state index contributed by atoms with van der Waals surface area (Å²) < 4.78 is 51.0. The van der Waals surface area contributed by atoms with Crippen LogP contribution < -0.4 is 0 Å². The molecule has 0 radical (unpaired) electrons. The summed E-state index contributed by atoms with van der Waals surface area (Å²) in [4.78, 5) is 0. The van der Waals surface area contributed by atoms with Crippen LogP contribution in [0.5, 0.6) is 0 Å². The Labute approximate surface area is 194 Å². The van der Waals surface area contributed by atoms with Gasteiger partial charge in [0.05, 0.1) is 5.56 Å². The average molecular weight is 460 g/mol. The van der Waals surface area contributed by atoms with Crippen LogP contribution in [-0.4, -0.2) is 0 Å². The van der Waals surface area contributed by atoms with E-state index in [0.29, 0.717) is 17.8 Å². The molecule has 0 unspecified atom stereocenters. The fourth-order valence-corrected chi connectivity index (χ4v) is 5.19. The maximum absolute atomic E-state index is 12.8. The Morgan fingerprint density at radius 2 is 1.48 bits per heavy atom. The molecule has 0 aromatic heterocycles. The molecule has 0 aliphatic heterocycles. The molecule has 0 spiro atoms. The number of halogens is 4. The minimum Gasteiger partial charge on any atom is -0.195 e. The van der Waals surface area contributed by atoms with Crippen LogP contribution in [0.3, 0.4) is 0 Å². The molecule has 2 aliphatic carbocycles. The summed E-state index contributed by atoms with van der Waals surface area (Å²) in [5.41, 5.74) is 0.460. The van der Waals surface area contributed by atoms with Crippen LogP contribution in [0, 0.1) is 29.1 Å². The molecule has 3 rings (SSSR count). The van der Waals surface area contributed by atoms with E-state index in [9.17, 15) is 17.6 Å². The Kier molecular flexibility index (Phi) is 9.35. The van der Waals surface area contributed by atoms with Crippen molar-refractivity contribution in [3.8, 4) is 6.07 Å². The van der Waals surface area contributed by atoms with Crippen LogP contribution >= 0.6 is 0 Å². The molecule has 0 bridgehead atoms. The molecular formula is C28H33F4N. The number of benzene rings is 1. The zero-order valence-corrected chi connectivity index (χ0v) is 19.0. The smallest absolute Gasteiger partial charge is 0.195 e. The van der Waals surface area contributed by atoms with Crippen molar-refractivity contribution in [1.29, 1.82) is 5.26 Å². The summed E-state index contributed by atoms with van der Waals surface area (Å²) in [6, 6.07) is 7.18. The Hall–Kier alpha value is -2.35. The van der Waals surface area contributed by atoms with E-state index in [1.54, 1.807) is 18.2 Å². The normalized spacial score (nSPS) is 27.2. The first-order valence-electron chi connectivity index (χ1n) is 12.1. The second-order valence-electron chi connectivity index (χ2n) is 9.53. The highest BCUT2D eigenvalue weighted by molar-refractivity contribution is 5.27. The maximum atomic E-state index is 12.8. The zero-order chi connectivity index (χ0) is 23.7. The van der Waals surface area contributed by atoms with Crippen LogP contribution in [-0.2, 0) is 6.18 Å². The molecule has 0 heterocycles. The molecule has 2 saturated carbocycles. The van der Waals surface area contributed by atoms with E-state index in [-0.39, 0.29) is 0 Å². The summed E-state index contributed by atoms with van der Waals surface area (Å²) in [6.45, 7) is 0. The highest BCUT2D eigenvalue weighted by Crippen LogP contribution is 2.39. The van der Waals surface area contributed by atoms with E-state index in [1.165, 1.54) is 50.0 Å². The third-order valence-electron chi connectivity index (χ3n) is 7.26. The predicted molar refractivity (Wildman–Crippen MR) is 124 cm³/mol. The van der Waals surface area contributed by atoms with E-state index in [4.69, 9.17) is 5.26 Å². The summed E-state index contributed by atoms with van der Waals surface area (Å²) in [7, 11) is 0. The van der Waals surface area contributed by atoms with Crippen LogP contribution in [0.1, 0.15) is 81.3 Å². The molecule has 0 atom stereocenters. The number of alkyl halides is 3. The molecule has 0 N–H and O–H groups in total. The molecule has 178 valence electrons. The van der Waals surface area contributed by atoms with Crippen molar-refractivity contribution in [2.45, 2.75) is 76.3 Å². The standard InChI is InChI=1S/C28H33F4N/c29-27(20-33)5-3-1-2-4-21-6-8-22(9-7-21)10-11-23-12-14-24(15-13-23)25-16-18-26(19-17-25)28(30,31)32/h1,3,5,10-11,16-19,21-24H,2,4,6-9,12-15H2/b3-1?,11-10+,27-5?/t21-,22-,23-,24-. The molecule has 33 heavy (non-hydrogen) atoms. The molecule has 2 aliphatic rings. The molecule has 1 aromatic carbocycles. The minimum absolute atomic E-state index is 0.369. The highest BCUT2D eigenvalue weighted by atomic mass is 19.4. The van der Waals surface area contributed by atoms with Gasteiger partial charge < -0.3 is 0 Å². The van der Waals surface area contributed by atoms with Crippen molar-refractivity contribution >= 4 is 0 Å². The second-order valence-corrected chi connectivity index (χ2v) is 9.53. The first-order chi connectivity index (χ1) is 15.8. The molecule has 0 amide bonds. The number of rotatable bonds is 7. The minimum atomic E-state index is -4.27. The number of hydrogen-bond donors (Lipinski definition) is 0. The molecule has 2 fully saturated rings. The van der Waals surface area contributed by atoms with Crippen molar-refractivity contribution in [2.75, 3.05) is 0 Å². The lowest BCUT2D eigenvalue weighted by molar-refractivity contribution is -0.137. The van der Waals surface area contributed by atoms with Gasteiger partial charge in [0.1, 0.15) is 6.07 Å². The molecule has 1 aromatic rings. The van der Waals surface area contributed by atoms with Gasteiger partial charge in [-0.05, 0) is 112 Å². The lowest BCUT2D eigenvalue weighted by atomic mass is 9.77. The number of nitrogens with zero attached hydrogens (tertiary/aromatic N) is 1. The van der Waals surface area contributed by atoms with Gasteiger partial charge in [-0.2, -0.15) is 22.8 Å². The summed E-state index contributed by atoms with van der Waals surface area (Å²) >= 11 is 0. The molecule has 1 nitrogen and oxygen atoms in total. The van der Waals surface area contributed by atoms with Gasteiger partial charge in [-0.15, -0.1) is 0 Å². The summed E-state index contributed by atoms with van der Waals surface area (Å²) in [6.07, 6.45) is 16.5. The SMILES string of the molecule is N#CC(F)=CC=CCC[C@H]1CC[C@H](/C=C/[C@H]2CC[C@H](c3ccc(C(F)(F)F)cc3)CC2)CC1. The van der Waals surface area contributed by atoms with E-state index in [0.717, 1.165) is 50.0 Å². The first-order valence-corrected chi connectivity index (χ1v) is 12.1. The van der Waals surface area contributed by atoms with Crippen LogP contribution in [0.4, 0.5) is 17.6 Å². The quantitative estimate of drug-likeness (QED) is 0.173. The highest BCUT2D eigenvalue weighted by Gasteiger charge is 2.30. The van der Waals surface area contributed by atoms with Crippen LogP contribution in [0.15, 0.2) is 60.5 Å². The van der Waals surface area contributed by atoms with E-state index < -0.39 is 17.6 Å². The van der Waals surface area contributed by atoms with E-state index >= 15 is 0 Å². The third kappa shape index (κ3) is 8.18. The fourth-order valence-electron chi connectivity index (χ4n) is 5.19. The van der Waals surface area contributed by atoms with Gasteiger partial charge in [0.25, 0.3) is 0 Å². The first kappa shape index (κ1) is 25.3. The molecule has 0 saturated heterocycles. The number of hydrogen-bond acceptors (Lipinski definition) is 1. The van der Waals surface area contributed by atoms with E-state index in [2.05, 4.69) is 12.2 Å². The Balaban J connectivity index is 1.35. The van der Waals surface area contributed by atoms with Gasteiger partial charge in [-0.25, -0.2) is 0 Å². The predicted octanol–water partition coefficient (Wildman–Crippen LogP) is 9.06. The number of allylic oxidation sites excluding steroid dienone is 6. The van der Waals surface area contributed by atoms with Gasteiger partial charge >= 0.3 is 6.18 Å². The fraction of sp³-hybridized carbons (Fsp3) is 0.536. The lowest BCUT2D eigenvalue weighted by Crippen LogP contribution is -2.14. The summed E-state index contributed by atoms with van der Waals surface area (Å²) in [5, 5.41) is 8.37. The molecule has 5 heteroatoms. The second kappa shape index (κ2) is 12.2. The Morgan fingerprint density at radius 1 is 0.909 bits per heavy atom. The van der Waals surface area contributed by atoms with Gasteiger partial charge in [0, 0.05) is 0 Å². The van der Waals surface area contributed by atoms with Gasteiger partial charge in [-0.1, -0.05) is 36.4 Å². The average Bonchev–Trinajstić information content (AvgIpc) is 2.83. The Bertz CT molecular complexity index is 857. The Morgan fingerprint density at radius 3 is 2.03 bits per heavy atom. The topological polar surface area (TPSA) is 23.8 Å². The van der Waals surface area contributed by atoms with Crippen LogP contribution in [0.2, 0.25) is 0 Å². The van der Waals surface area contributed by atoms with Gasteiger partial charge in [-0.3, -0.25) is 0 Å². The van der Waals surface area contributed by atoms with Crippen LogP contribution in [0.25, 0.3) is 0 Å². The van der Waals surface area contributed by atoms with Crippen molar-refractivity contribution < 1.29 is 17.6 Å². The number of nitriles is 1. The maximum Gasteiger partial charge on any atom is 0.416 e. The lowest BCUT2D eigenvalue weighted by Gasteiger charge is -2.29. The third-order valence-corrected chi connectivity index (χ3v) is 7.26. The largest absolute Gasteiger partial charge is 0.416 e. The summed E-state index contributed by atoms with van der Waals surface area (Å²) in [5.74, 6) is 1.57. The van der Waals surface area contributed by atoms with Crippen molar-refractivity contribution in [3.63, 3.8) is 0 Å². The molecular weight excluding hydrogens is 426 g/mol. The monoisotopic (exact) mass is 459 g/mol. The van der Waals surface area contributed by atoms with Gasteiger partial charge in [0.15, 0.2) is 5.83 Å². The van der Waals surface area contributed by atoms with Gasteiger partial charge in [0.2, 0.25) is 0 Å². The van der Waals surface area contributed by atoms with Crippen molar-refractivity contribution in [1.82, 2.24) is 0 Å². The van der Waals surface area contributed by atoms with E-state index in [1.807, 2.05) is 6.08 Å². The zero-order valence-electron chi connectivity index (χ0n) is 19.0.